The van der Waals surface area contributed by atoms with E-state index in [1.54, 1.807) is 31.5 Å². The molecule has 6 nitrogen and oxygen atoms in total. The lowest BCUT2D eigenvalue weighted by molar-refractivity contribution is 0.251. The summed E-state index contributed by atoms with van der Waals surface area (Å²) >= 11 is 5.95. The zero-order valence-corrected chi connectivity index (χ0v) is 14.6. The summed E-state index contributed by atoms with van der Waals surface area (Å²) in [4.78, 5) is 16.4. The van der Waals surface area contributed by atoms with E-state index in [1.807, 2.05) is 24.4 Å². The fourth-order valence-electron chi connectivity index (χ4n) is 2.60. The lowest BCUT2D eigenvalue weighted by Crippen LogP contribution is -2.30. The van der Waals surface area contributed by atoms with Gasteiger partial charge in [0.2, 0.25) is 0 Å². The molecule has 0 fully saturated rings. The monoisotopic (exact) mass is 358 g/mol. The van der Waals surface area contributed by atoms with Crippen molar-refractivity contribution in [1.82, 2.24) is 14.9 Å². The van der Waals surface area contributed by atoms with Crippen molar-refractivity contribution < 1.29 is 9.53 Å². The Morgan fingerprint density at radius 3 is 3.04 bits per heavy atom. The first-order chi connectivity index (χ1) is 12.2. The molecule has 2 aromatic heterocycles. The van der Waals surface area contributed by atoms with Gasteiger partial charge in [-0.25, -0.2) is 9.78 Å². The molecule has 0 atom stereocenters. The molecule has 0 spiro atoms. The molecule has 0 aliphatic heterocycles. The molecule has 0 aliphatic carbocycles. The SMILES string of the molecule is COc1ccc(Cl)cc1NC(=O)NCCCn1ccc2cccnc21. The van der Waals surface area contributed by atoms with Crippen LogP contribution in [0, 0.1) is 0 Å². The molecule has 1 aromatic carbocycles. The highest BCUT2D eigenvalue weighted by molar-refractivity contribution is 6.31. The third kappa shape index (κ3) is 4.22. The number of aryl methyl sites for hydroxylation is 1. The predicted octanol–water partition coefficient (Wildman–Crippen LogP) is 3.91. The Morgan fingerprint density at radius 1 is 1.32 bits per heavy atom. The Kier molecular flexibility index (Phi) is 5.40. The fourth-order valence-corrected chi connectivity index (χ4v) is 2.77. The summed E-state index contributed by atoms with van der Waals surface area (Å²) < 4.78 is 7.28. The van der Waals surface area contributed by atoms with Crippen molar-refractivity contribution in [3.63, 3.8) is 0 Å². The molecule has 0 aliphatic rings. The lowest BCUT2D eigenvalue weighted by atomic mass is 10.3. The summed E-state index contributed by atoms with van der Waals surface area (Å²) in [6.07, 6.45) is 4.58. The number of hydrogen-bond acceptors (Lipinski definition) is 3. The summed E-state index contributed by atoms with van der Waals surface area (Å²) in [5.41, 5.74) is 1.49. The minimum atomic E-state index is -0.295. The van der Waals surface area contributed by atoms with Crippen molar-refractivity contribution in [2.24, 2.45) is 0 Å². The Hall–Kier alpha value is -2.73. The zero-order valence-electron chi connectivity index (χ0n) is 13.8. The molecule has 7 heteroatoms. The Bertz CT molecular complexity index is 878. The van der Waals surface area contributed by atoms with Crippen LogP contribution >= 0.6 is 11.6 Å². The number of pyridine rings is 1. The topological polar surface area (TPSA) is 68.2 Å². The Morgan fingerprint density at radius 2 is 2.20 bits per heavy atom. The van der Waals surface area contributed by atoms with Crippen LogP contribution in [-0.2, 0) is 6.54 Å². The van der Waals surface area contributed by atoms with Gasteiger partial charge in [-0.1, -0.05) is 11.6 Å². The van der Waals surface area contributed by atoms with Crippen molar-refractivity contribution in [2.75, 3.05) is 19.0 Å². The van der Waals surface area contributed by atoms with Gasteiger partial charge in [0.25, 0.3) is 0 Å². The van der Waals surface area contributed by atoms with Gasteiger partial charge in [0.1, 0.15) is 11.4 Å². The number of benzene rings is 1. The number of carbonyl (C=O) groups is 1. The van der Waals surface area contributed by atoms with Crippen LogP contribution in [0.3, 0.4) is 0 Å². The van der Waals surface area contributed by atoms with E-state index in [9.17, 15) is 4.79 Å². The molecular weight excluding hydrogens is 340 g/mol. The van der Waals surface area contributed by atoms with Crippen molar-refractivity contribution >= 4 is 34.4 Å². The van der Waals surface area contributed by atoms with Crippen LogP contribution in [0.4, 0.5) is 10.5 Å². The Labute approximate surface area is 150 Å². The highest BCUT2D eigenvalue weighted by Gasteiger charge is 2.08. The fraction of sp³-hybridized carbons (Fsp3) is 0.222. The van der Waals surface area contributed by atoms with Crippen LogP contribution in [0.1, 0.15) is 6.42 Å². The van der Waals surface area contributed by atoms with E-state index in [2.05, 4.69) is 20.2 Å². The van der Waals surface area contributed by atoms with Crippen molar-refractivity contribution in [3.05, 3.63) is 53.8 Å². The molecule has 3 aromatic rings. The van der Waals surface area contributed by atoms with Crippen LogP contribution in [-0.4, -0.2) is 29.2 Å². The number of nitrogens with one attached hydrogen (secondary N) is 2. The van der Waals surface area contributed by atoms with Crippen LogP contribution in [0.2, 0.25) is 5.02 Å². The minimum absolute atomic E-state index is 0.295. The highest BCUT2D eigenvalue weighted by Crippen LogP contribution is 2.27. The molecule has 3 rings (SSSR count). The molecule has 2 heterocycles. The molecule has 2 amide bonds. The van der Waals surface area contributed by atoms with Crippen molar-refractivity contribution in [1.29, 1.82) is 0 Å². The van der Waals surface area contributed by atoms with E-state index in [0.29, 0.717) is 23.0 Å². The maximum absolute atomic E-state index is 12.0. The molecule has 0 radical (unpaired) electrons. The lowest BCUT2D eigenvalue weighted by Gasteiger charge is -2.11. The molecule has 0 unspecified atom stereocenters. The second-order valence-corrected chi connectivity index (χ2v) is 5.94. The average Bonchev–Trinajstić information content (AvgIpc) is 3.02. The standard InChI is InChI=1S/C18H19ClN4O2/c1-25-16-6-5-14(19)12-15(16)22-18(24)21-9-3-10-23-11-7-13-4-2-8-20-17(13)23/h2,4-8,11-12H,3,9-10H2,1H3,(H2,21,22,24). The second-order valence-electron chi connectivity index (χ2n) is 5.50. The number of halogens is 1. The van der Waals surface area contributed by atoms with Gasteiger partial charge in [-0.15, -0.1) is 0 Å². The van der Waals surface area contributed by atoms with Crippen molar-refractivity contribution in [2.45, 2.75) is 13.0 Å². The minimum Gasteiger partial charge on any atom is -0.495 e. The van der Waals surface area contributed by atoms with Gasteiger partial charge in [-0.05, 0) is 42.8 Å². The number of carbonyl (C=O) groups excluding carboxylic acids is 1. The number of nitrogens with zero attached hydrogens (tertiary/aromatic N) is 2. The van der Waals surface area contributed by atoms with E-state index in [4.69, 9.17) is 16.3 Å². The smallest absolute Gasteiger partial charge is 0.319 e. The zero-order chi connectivity index (χ0) is 17.6. The number of ether oxygens (including phenoxy) is 1. The quantitative estimate of drug-likeness (QED) is 0.656. The summed E-state index contributed by atoms with van der Waals surface area (Å²) in [5.74, 6) is 0.560. The van der Waals surface area contributed by atoms with E-state index >= 15 is 0 Å². The van der Waals surface area contributed by atoms with E-state index in [0.717, 1.165) is 24.0 Å². The summed E-state index contributed by atoms with van der Waals surface area (Å²) in [7, 11) is 1.54. The maximum Gasteiger partial charge on any atom is 0.319 e. The van der Waals surface area contributed by atoms with Gasteiger partial charge in [-0.3, -0.25) is 0 Å². The average molecular weight is 359 g/mol. The molecule has 130 valence electrons. The summed E-state index contributed by atoms with van der Waals surface area (Å²) in [6, 6.07) is 10.8. The number of urea groups is 1. The molecule has 0 saturated heterocycles. The largest absolute Gasteiger partial charge is 0.495 e. The van der Waals surface area contributed by atoms with Crippen LogP contribution < -0.4 is 15.4 Å². The first-order valence-electron chi connectivity index (χ1n) is 7.95. The number of anilines is 1. The molecule has 0 bridgehead atoms. The number of aromatic nitrogens is 2. The van der Waals surface area contributed by atoms with E-state index in [-0.39, 0.29) is 6.03 Å². The van der Waals surface area contributed by atoms with Gasteiger partial charge in [0.05, 0.1) is 12.8 Å². The molecule has 2 N–H and O–H groups in total. The van der Waals surface area contributed by atoms with E-state index < -0.39 is 0 Å². The third-order valence-electron chi connectivity index (χ3n) is 3.79. The number of amides is 2. The molecule has 0 saturated carbocycles. The first kappa shape index (κ1) is 17.1. The number of fused-ring (bicyclic) bond motifs is 1. The van der Waals surface area contributed by atoms with Gasteiger partial charge in [0, 0.05) is 35.9 Å². The van der Waals surface area contributed by atoms with E-state index in [1.165, 1.54) is 0 Å². The van der Waals surface area contributed by atoms with Crippen molar-refractivity contribution in [3.8, 4) is 5.75 Å². The maximum atomic E-state index is 12.0. The first-order valence-corrected chi connectivity index (χ1v) is 8.33. The number of hydrogen-bond donors (Lipinski definition) is 2. The molecule has 25 heavy (non-hydrogen) atoms. The van der Waals surface area contributed by atoms with Gasteiger partial charge >= 0.3 is 6.03 Å². The van der Waals surface area contributed by atoms with Crippen LogP contribution in [0.15, 0.2) is 48.8 Å². The Balaban J connectivity index is 1.49. The van der Waals surface area contributed by atoms with Gasteiger partial charge in [-0.2, -0.15) is 0 Å². The summed E-state index contributed by atoms with van der Waals surface area (Å²) in [6.45, 7) is 1.32. The molecular formula is C18H19ClN4O2. The highest BCUT2D eigenvalue weighted by atomic mass is 35.5. The summed E-state index contributed by atoms with van der Waals surface area (Å²) in [5, 5.41) is 7.22. The predicted molar refractivity (Wildman–Crippen MR) is 99.4 cm³/mol. The second kappa shape index (κ2) is 7.90. The van der Waals surface area contributed by atoms with Gasteiger partial charge in [0.15, 0.2) is 0 Å². The normalized spacial score (nSPS) is 10.6. The van der Waals surface area contributed by atoms with Crippen LogP contribution in [0.5, 0.6) is 5.75 Å². The third-order valence-corrected chi connectivity index (χ3v) is 4.03. The number of methoxy groups -OCH3 is 1. The van der Waals surface area contributed by atoms with Crippen LogP contribution in [0.25, 0.3) is 11.0 Å². The number of rotatable bonds is 6. The van der Waals surface area contributed by atoms with Gasteiger partial charge < -0.3 is 19.9 Å².